The van der Waals surface area contributed by atoms with Gasteiger partial charge in [-0.15, -0.1) is 0 Å². The SMILES string of the molecule is OCC[C@@H](CO)Cc1ccccc1. The molecule has 2 N–H and O–H groups in total. The molecule has 0 aromatic heterocycles. The van der Waals surface area contributed by atoms with Crippen molar-refractivity contribution in [2.75, 3.05) is 13.2 Å². The zero-order valence-electron chi connectivity index (χ0n) is 7.69. The van der Waals surface area contributed by atoms with Crippen molar-refractivity contribution in [1.29, 1.82) is 0 Å². The van der Waals surface area contributed by atoms with Crippen LogP contribution in [0.5, 0.6) is 0 Å². The summed E-state index contributed by atoms with van der Waals surface area (Å²) >= 11 is 0. The van der Waals surface area contributed by atoms with Crippen LogP contribution in [0, 0.1) is 5.92 Å². The van der Waals surface area contributed by atoms with Crippen molar-refractivity contribution in [2.45, 2.75) is 12.8 Å². The Morgan fingerprint density at radius 1 is 1.08 bits per heavy atom. The number of hydrogen-bond acceptors (Lipinski definition) is 2. The Labute approximate surface area is 78.8 Å². The molecule has 0 aliphatic heterocycles. The third-order valence-corrected chi connectivity index (χ3v) is 2.16. The number of benzene rings is 1. The summed E-state index contributed by atoms with van der Waals surface area (Å²) < 4.78 is 0. The first-order valence-corrected chi connectivity index (χ1v) is 4.62. The highest BCUT2D eigenvalue weighted by molar-refractivity contribution is 5.15. The van der Waals surface area contributed by atoms with E-state index < -0.39 is 0 Å². The van der Waals surface area contributed by atoms with Crippen LogP contribution in [0.15, 0.2) is 30.3 Å². The number of aliphatic hydroxyl groups excluding tert-OH is 2. The first-order valence-electron chi connectivity index (χ1n) is 4.62. The molecular weight excluding hydrogens is 164 g/mol. The standard InChI is InChI=1S/C11H16O2/c12-7-6-11(9-13)8-10-4-2-1-3-5-10/h1-5,11-13H,6-9H2/t11-/m1/s1. The molecule has 1 rings (SSSR count). The van der Waals surface area contributed by atoms with E-state index in [1.807, 2.05) is 30.3 Å². The van der Waals surface area contributed by atoms with Gasteiger partial charge in [0.2, 0.25) is 0 Å². The lowest BCUT2D eigenvalue weighted by Crippen LogP contribution is -2.11. The summed E-state index contributed by atoms with van der Waals surface area (Å²) in [4.78, 5) is 0. The molecule has 0 amide bonds. The quantitative estimate of drug-likeness (QED) is 0.715. The zero-order chi connectivity index (χ0) is 9.52. The van der Waals surface area contributed by atoms with Gasteiger partial charge in [-0.1, -0.05) is 30.3 Å². The summed E-state index contributed by atoms with van der Waals surface area (Å²) in [5, 5.41) is 17.7. The molecule has 0 fully saturated rings. The van der Waals surface area contributed by atoms with E-state index >= 15 is 0 Å². The second-order valence-electron chi connectivity index (χ2n) is 3.25. The second-order valence-corrected chi connectivity index (χ2v) is 3.25. The normalized spacial score (nSPS) is 12.8. The van der Waals surface area contributed by atoms with E-state index in [1.165, 1.54) is 5.56 Å². The molecule has 0 aliphatic rings. The Morgan fingerprint density at radius 3 is 2.31 bits per heavy atom. The molecule has 0 heterocycles. The van der Waals surface area contributed by atoms with Gasteiger partial charge in [-0.2, -0.15) is 0 Å². The third-order valence-electron chi connectivity index (χ3n) is 2.16. The Hall–Kier alpha value is -0.860. The van der Waals surface area contributed by atoms with Crippen molar-refractivity contribution in [3.63, 3.8) is 0 Å². The van der Waals surface area contributed by atoms with Gasteiger partial charge >= 0.3 is 0 Å². The highest BCUT2D eigenvalue weighted by atomic mass is 16.3. The maximum absolute atomic E-state index is 9.01. The van der Waals surface area contributed by atoms with Gasteiger partial charge in [-0.25, -0.2) is 0 Å². The van der Waals surface area contributed by atoms with Gasteiger partial charge in [0, 0.05) is 13.2 Å². The van der Waals surface area contributed by atoms with E-state index in [-0.39, 0.29) is 19.1 Å². The highest BCUT2D eigenvalue weighted by Crippen LogP contribution is 2.10. The van der Waals surface area contributed by atoms with Gasteiger partial charge in [-0.05, 0) is 24.3 Å². The minimum Gasteiger partial charge on any atom is -0.396 e. The van der Waals surface area contributed by atoms with Crippen LogP contribution in [0.3, 0.4) is 0 Å². The van der Waals surface area contributed by atoms with Crippen molar-refractivity contribution in [2.24, 2.45) is 5.92 Å². The van der Waals surface area contributed by atoms with E-state index in [0.29, 0.717) is 6.42 Å². The fourth-order valence-electron chi connectivity index (χ4n) is 1.39. The fraction of sp³-hybridized carbons (Fsp3) is 0.455. The van der Waals surface area contributed by atoms with Gasteiger partial charge in [0.05, 0.1) is 0 Å². The third kappa shape index (κ3) is 3.57. The predicted octanol–water partition coefficient (Wildman–Crippen LogP) is 1.22. The van der Waals surface area contributed by atoms with Crippen LogP contribution in [0.2, 0.25) is 0 Å². The van der Waals surface area contributed by atoms with E-state index in [1.54, 1.807) is 0 Å². The molecule has 72 valence electrons. The molecule has 0 spiro atoms. The average Bonchev–Trinajstić information content (AvgIpc) is 2.19. The van der Waals surface area contributed by atoms with Gasteiger partial charge in [0.1, 0.15) is 0 Å². The van der Waals surface area contributed by atoms with Gasteiger partial charge in [-0.3, -0.25) is 0 Å². The first kappa shape index (κ1) is 10.2. The van der Waals surface area contributed by atoms with Crippen LogP contribution in [-0.4, -0.2) is 23.4 Å². The molecule has 2 nitrogen and oxygen atoms in total. The van der Waals surface area contributed by atoms with Crippen LogP contribution < -0.4 is 0 Å². The van der Waals surface area contributed by atoms with Crippen LogP contribution in [-0.2, 0) is 6.42 Å². The average molecular weight is 180 g/mol. The second kappa shape index (κ2) is 5.73. The van der Waals surface area contributed by atoms with Crippen LogP contribution >= 0.6 is 0 Å². The van der Waals surface area contributed by atoms with Crippen molar-refractivity contribution in [3.05, 3.63) is 35.9 Å². The molecule has 2 heteroatoms. The van der Waals surface area contributed by atoms with Crippen LogP contribution in [0.25, 0.3) is 0 Å². The van der Waals surface area contributed by atoms with E-state index in [4.69, 9.17) is 10.2 Å². The highest BCUT2D eigenvalue weighted by Gasteiger charge is 2.06. The smallest absolute Gasteiger partial charge is 0.0463 e. The molecule has 1 aromatic rings. The monoisotopic (exact) mass is 180 g/mol. The molecule has 1 atom stereocenters. The number of aliphatic hydroxyl groups is 2. The van der Waals surface area contributed by atoms with Crippen molar-refractivity contribution in [1.82, 2.24) is 0 Å². The first-order chi connectivity index (χ1) is 6.36. The zero-order valence-corrected chi connectivity index (χ0v) is 7.69. The molecule has 0 unspecified atom stereocenters. The summed E-state index contributed by atoms with van der Waals surface area (Å²) in [6.07, 6.45) is 1.52. The minimum atomic E-state index is 0.148. The van der Waals surface area contributed by atoms with Crippen molar-refractivity contribution in [3.8, 4) is 0 Å². The molecule has 13 heavy (non-hydrogen) atoms. The summed E-state index contributed by atoms with van der Waals surface area (Å²) in [5.41, 5.74) is 1.22. The summed E-state index contributed by atoms with van der Waals surface area (Å²) in [5.74, 6) is 0.187. The topological polar surface area (TPSA) is 40.5 Å². The lowest BCUT2D eigenvalue weighted by molar-refractivity contribution is 0.183. The molecule has 0 saturated carbocycles. The Morgan fingerprint density at radius 2 is 1.77 bits per heavy atom. The number of hydrogen-bond donors (Lipinski definition) is 2. The van der Waals surface area contributed by atoms with Crippen molar-refractivity contribution >= 4 is 0 Å². The van der Waals surface area contributed by atoms with Gasteiger partial charge < -0.3 is 10.2 Å². The number of rotatable bonds is 5. The molecule has 0 bridgehead atoms. The molecule has 0 radical (unpaired) electrons. The maximum atomic E-state index is 9.01. The van der Waals surface area contributed by atoms with Crippen molar-refractivity contribution < 1.29 is 10.2 Å². The molecule has 0 aliphatic carbocycles. The van der Waals surface area contributed by atoms with E-state index in [9.17, 15) is 0 Å². The maximum Gasteiger partial charge on any atom is 0.0463 e. The van der Waals surface area contributed by atoms with E-state index in [2.05, 4.69) is 0 Å². The lowest BCUT2D eigenvalue weighted by atomic mass is 9.97. The molecule has 1 aromatic carbocycles. The summed E-state index contributed by atoms with van der Waals surface area (Å²) in [6, 6.07) is 10.0. The fourth-order valence-corrected chi connectivity index (χ4v) is 1.39. The molecule has 0 saturated heterocycles. The van der Waals surface area contributed by atoms with Gasteiger partial charge in [0.25, 0.3) is 0 Å². The largest absolute Gasteiger partial charge is 0.396 e. The van der Waals surface area contributed by atoms with Crippen LogP contribution in [0.1, 0.15) is 12.0 Å². The lowest BCUT2D eigenvalue weighted by Gasteiger charge is -2.11. The van der Waals surface area contributed by atoms with Crippen LogP contribution in [0.4, 0.5) is 0 Å². The molecular formula is C11H16O2. The van der Waals surface area contributed by atoms with E-state index in [0.717, 1.165) is 6.42 Å². The Bertz CT molecular complexity index is 221. The summed E-state index contributed by atoms with van der Waals surface area (Å²) in [7, 11) is 0. The minimum absolute atomic E-state index is 0.148. The Kier molecular flexibility index (Phi) is 4.50. The van der Waals surface area contributed by atoms with Gasteiger partial charge in [0.15, 0.2) is 0 Å². The Balaban J connectivity index is 2.46. The predicted molar refractivity (Wildman–Crippen MR) is 52.4 cm³/mol. The summed E-state index contributed by atoms with van der Waals surface area (Å²) in [6.45, 7) is 0.299.